The van der Waals surface area contributed by atoms with Crippen LogP contribution in [0.15, 0.2) is 23.6 Å². The number of rotatable bonds is 5. The lowest BCUT2D eigenvalue weighted by Crippen LogP contribution is -2.29. The molecule has 0 aliphatic rings. The molecule has 0 saturated heterocycles. The molecule has 0 spiro atoms. The molecule has 0 atom stereocenters. The molecule has 1 heterocycles. The standard InChI is InChI=1S/C12H10FN3O3S/c13-9-3-7(4-17)1-2-10(9)19-5-8-6-20-12(15-8)11(18)16-14/h1-4,6H,5,14H2,(H,16,18). The quantitative estimate of drug-likeness (QED) is 0.375. The fourth-order valence-corrected chi connectivity index (χ4v) is 2.10. The number of nitrogen functional groups attached to an aromatic ring is 1. The smallest absolute Gasteiger partial charge is 0.294 e. The van der Waals surface area contributed by atoms with Crippen molar-refractivity contribution < 1.29 is 18.7 Å². The topological polar surface area (TPSA) is 94.3 Å². The molecule has 0 saturated carbocycles. The first-order valence-corrected chi connectivity index (χ1v) is 6.35. The number of nitrogens with two attached hydrogens (primary N) is 1. The van der Waals surface area contributed by atoms with Gasteiger partial charge in [-0.2, -0.15) is 0 Å². The van der Waals surface area contributed by atoms with Gasteiger partial charge in [-0.25, -0.2) is 15.2 Å². The largest absolute Gasteiger partial charge is 0.484 e. The number of carbonyl (C=O) groups is 2. The highest BCUT2D eigenvalue weighted by molar-refractivity contribution is 7.11. The summed E-state index contributed by atoms with van der Waals surface area (Å²) >= 11 is 1.10. The van der Waals surface area contributed by atoms with Gasteiger partial charge in [0, 0.05) is 10.9 Å². The Morgan fingerprint density at radius 2 is 2.35 bits per heavy atom. The van der Waals surface area contributed by atoms with Gasteiger partial charge in [0.1, 0.15) is 12.9 Å². The van der Waals surface area contributed by atoms with Crippen molar-refractivity contribution in [1.82, 2.24) is 10.4 Å². The first-order valence-electron chi connectivity index (χ1n) is 5.47. The molecule has 1 amide bonds. The Balaban J connectivity index is 2.03. The molecule has 0 unspecified atom stereocenters. The Hall–Kier alpha value is -2.32. The molecule has 0 aliphatic heterocycles. The van der Waals surface area contributed by atoms with Crippen molar-refractivity contribution in [2.24, 2.45) is 5.84 Å². The van der Waals surface area contributed by atoms with E-state index in [2.05, 4.69) is 4.98 Å². The van der Waals surface area contributed by atoms with Gasteiger partial charge < -0.3 is 4.74 Å². The third kappa shape index (κ3) is 3.16. The van der Waals surface area contributed by atoms with E-state index in [1.807, 2.05) is 5.43 Å². The average molecular weight is 295 g/mol. The van der Waals surface area contributed by atoms with Crippen LogP contribution in [0.2, 0.25) is 0 Å². The Morgan fingerprint density at radius 1 is 1.55 bits per heavy atom. The Labute approximate surface area is 117 Å². The molecule has 6 nitrogen and oxygen atoms in total. The van der Waals surface area contributed by atoms with E-state index in [1.54, 1.807) is 5.38 Å². The summed E-state index contributed by atoms with van der Waals surface area (Å²) in [4.78, 5) is 25.7. The van der Waals surface area contributed by atoms with Crippen LogP contribution in [-0.2, 0) is 6.61 Å². The van der Waals surface area contributed by atoms with Crippen LogP contribution in [0.25, 0.3) is 0 Å². The van der Waals surface area contributed by atoms with Gasteiger partial charge in [-0.15, -0.1) is 11.3 Å². The monoisotopic (exact) mass is 295 g/mol. The number of hydrogen-bond donors (Lipinski definition) is 2. The minimum Gasteiger partial charge on any atom is -0.484 e. The fourth-order valence-electron chi connectivity index (χ4n) is 1.40. The van der Waals surface area contributed by atoms with Crippen LogP contribution in [-0.4, -0.2) is 17.2 Å². The van der Waals surface area contributed by atoms with Gasteiger partial charge in [0.05, 0.1) is 5.69 Å². The van der Waals surface area contributed by atoms with Gasteiger partial charge in [0.15, 0.2) is 16.6 Å². The first-order chi connectivity index (χ1) is 9.63. The minimum absolute atomic E-state index is 0.00566. The number of nitrogens with zero attached hydrogens (tertiary/aromatic N) is 1. The van der Waals surface area contributed by atoms with Gasteiger partial charge in [0.25, 0.3) is 5.91 Å². The number of halogens is 1. The third-order valence-electron chi connectivity index (χ3n) is 2.34. The lowest BCUT2D eigenvalue weighted by molar-refractivity contribution is 0.0952. The molecular weight excluding hydrogens is 285 g/mol. The summed E-state index contributed by atoms with van der Waals surface area (Å²) in [6.07, 6.45) is 0.547. The summed E-state index contributed by atoms with van der Waals surface area (Å²) in [7, 11) is 0. The van der Waals surface area contributed by atoms with Gasteiger partial charge in [0.2, 0.25) is 0 Å². The Kier molecular flexibility index (Phi) is 4.38. The van der Waals surface area contributed by atoms with Crippen molar-refractivity contribution in [2.45, 2.75) is 6.61 Å². The lowest BCUT2D eigenvalue weighted by Gasteiger charge is -2.05. The maximum absolute atomic E-state index is 13.5. The SMILES string of the molecule is NNC(=O)c1nc(COc2ccc(C=O)cc2F)cs1. The normalized spacial score (nSPS) is 10.1. The van der Waals surface area contributed by atoms with Gasteiger partial charge in [-0.05, 0) is 18.2 Å². The van der Waals surface area contributed by atoms with E-state index in [4.69, 9.17) is 10.6 Å². The van der Waals surface area contributed by atoms with Crippen molar-refractivity contribution in [1.29, 1.82) is 0 Å². The molecular formula is C12H10FN3O3S. The predicted octanol–water partition coefficient (Wildman–Crippen LogP) is 1.28. The summed E-state index contributed by atoms with van der Waals surface area (Å²) in [5.74, 6) is 3.86. The number of aromatic nitrogens is 1. The average Bonchev–Trinajstić information content (AvgIpc) is 2.94. The molecule has 0 aliphatic carbocycles. The summed E-state index contributed by atoms with van der Waals surface area (Å²) < 4.78 is 18.8. The van der Waals surface area contributed by atoms with Gasteiger partial charge in [-0.3, -0.25) is 15.0 Å². The minimum atomic E-state index is -0.634. The second kappa shape index (κ2) is 6.22. The lowest BCUT2D eigenvalue weighted by atomic mass is 10.2. The molecule has 2 rings (SSSR count). The zero-order valence-electron chi connectivity index (χ0n) is 10.1. The molecule has 0 fully saturated rings. The number of amides is 1. The summed E-state index contributed by atoms with van der Waals surface area (Å²) in [5, 5.41) is 1.81. The van der Waals surface area contributed by atoms with Crippen molar-refractivity contribution in [2.75, 3.05) is 0 Å². The van der Waals surface area contributed by atoms with Crippen LogP contribution < -0.4 is 16.0 Å². The fraction of sp³-hybridized carbons (Fsp3) is 0.0833. The number of ether oxygens (including phenoxy) is 1. The zero-order valence-corrected chi connectivity index (χ0v) is 10.9. The zero-order chi connectivity index (χ0) is 14.5. The van der Waals surface area contributed by atoms with E-state index in [9.17, 15) is 14.0 Å². The molecule has 104 valence electrons. The van der Waals surface area contributed by atoms with E-state index in [-0.39, 0.29) is 22.9 Å². The third-order valence-corrected chi connectivity index (χ3v) is 3.23. The predicted molar refractivity (Wildman–Crippen MR) is 69.9 cm³/mol. The number of nitrogens with one attached hydrogen (secondary N) is 1. The van der Waals surface area contributed by atoms with E-state index in [0.717, 1.165) is 17.4 Å². The maximum atomic E-state index is 13.5. The van der Waals surface area contributed by atoms with Crippen molar-refractivity contribution in [3.05, 3.63) is 45.7 Å². The highest BCUT2D eigenvalue weighted by Crippen LogP contribution is 2.19. The highest BCUT2D eigenvalue weighted by atomic mass is 32.1. The van der Waals surface area contributed by atoms with Crippen molar-refractivity contribution >= 4 is 23.5 Å². The number of thiazole rings is 1. The molecule has 20 heavy (non-hydrogen) atoms. The molecule has 1 aromatic heterocycles. The van der Waals surface area contributed by atoms with E-state index in [0.29, 0.717) is 12.0 Å². The van der Waals surface area contributed by atoms with Crippen LogP contribution in [0.1, 0.15) is 25.9 Å². The number of carbonyl (C=O) groups excluding carboxylic acids is 2. The number of hydrazine groups is 1. The molecule has 0 radical (unpaired) electrons. The molecule has 3 N–H and O–H groups in total. The van der Waals surface area contributed by atoms with E-state index < -0.39 is 11.7 Å². The molecule has 0 bridgehead atoms. The van der Waals surface area contributed by atoms with Crippen LogP contribution in [0.5, 0.6) is 5.75 Å². The van der Waals surface area contributed by atoms with E-state index in [1.165, 1.54) is 12.1 Å². The van der Waals surface area contributed by atoms with Gasteiger partial charge >= 0.3 is 0 Å². The number of hydrogen-bond acceptors (Lipinski definition) is 6. The Bertz CT molecular complexity index is 645. The van der Waals surface area contributed by atoms with Crippen LogP contribution >= 0.6 is 11.3 Å². The van der Waals surface area contributed by atoms with Crippen LogP contribution in [0, 0.1) is 5.82 Å². The second-order valence-electron chi connectivity index (χ2n) is 3.71. The van der Waals surface area contributed by atoms with E-state index >= 15 is 0 Å². The summed E-state index contributed by atoms with van der Waals surface area (Å²) in [5.41, 5.74) is 2.67. The number of aldehydes is 1. The van der Waals surface area contributed by atoms with Crippen LogP contribution in [0.4, 0.5) is 4.39 Å². The summed E-state index contributed by atoms with van der Waals surface area (Å²) in [6, 6.07) is 3.88. The number of benzene rings is 1. The highest BCUT2D eigenvalue weighted by Gasteiger charge is 2.11. The van der Waals surface area contributed by atoms with Crippen LogP contribution in [0.3, 0.4) is 0 Å². The summed E-state index contributed by atoms with van der Waals surface area (Å²) in [6.45, 7) is 0.00566. The maximum Gasteiger partial charge on any atom is 0.294 e. The second-order valence-corrected chi connectivity index (χ2v) is 4.57. The molecule has 1 aromatic carbocycles. The Morgan fingerprint density at radius 3 is 3.00 bits per heavy atom. The van der Waals surface area contributed by atoms with Crippen molar-refractivity contribution in [3.8, 4) is 5.75 Å². The van der Waals surface area contributed by atoms with Gasteiger partial charge in [-0.1, -0.05) is 0 Å². The molecule has 2 aromatic rings. The molecule has 8 heteroatoms. The van der Waals surface area contributed by atoms with Crippen molar-refractivity contribution in [3.63, 3.8) is 0 Å². The first kappa shape index (κ1) is 14.1.